The number of likely N-dealkylation sites (tertiary alicyclic amines) is 1. The number of aryl methyl sites for hydroxylation is 2. The molecule has 5 rings (SSSR count). The fourth-order valence-electron chi connectivity index (χ4n) is 4.37. The number of imidazole rings is 1. The van der Waals surface area contributed by atoms with Crippen LogP contribution >= 0.6 is 0 Å². The zero-order chi connectivity index (χ0) is 19.3. The Balaban J connectivity index is 1.63. The predicted octanol–water partition coefficient (Wildman–Crippen LogP) is 4.43. The van der Waals surface area contributed by atoms with Gasteiger partial charge in [0.2, 0.25) is 0 Å². The molecule has 4 heterocycles. The number of carbonyl (C=O) groups excluding carboxylic acids is 1. The van der Waals surface area contributed by atoms with E-state index in [-0.39, 0.29) is 5.91 Å². The molecular formula is C23H24N4O. The van der Waals surface area contributed by atoms with E-state index in [1.165, 1.54) is 12.0 Å². The maximum Gasteiger partial charge on any atom is 0.270 e. The van der Waals surface area contributed by atoms with Crippen molar-refractivity contribution in [3.8, 4) is 11.1 Å². The van der Waals surface area contributed by atoms with E-state index in [4.69, 9.17) is 0 Å². The van der Waals surface area contributed by atoms with Crippen molar-refractivity contribution >= 4 is 22.5 Å². The fraction of sp³-hybridized carbons (Fsp3) is 0.304. The molecule has 1 fully saturated rings. The molecule has 1 aliphatic heterocycles. The SMILES string of the molecule is Cc1cc2c(cc1-c1cccn3c(C(=O)N4CCCCC4)ccc13)ncn2C. The van der Waals surface area contributed by atoms with Gasteiger partial charge >= 0.3 is 0 Å². The summed E-state index contributed by atoms with van der Waals surface area (Å²) in [5.41, 5.74) is 7.41. The van der Waals surface area contributed by atoms with E-state index in [0.29, 0.717) is 0 Å². The topological polar surface area (TPSA) is 42.5 Å². The van der Waals surface area contributed by atoms with Gasteiger partial charge in [0.25, 0.3) is 5.91 Å². The van der Waals surface area contributed by atoms with E-state index in [1.807, 2.05) is 45.6 Å². The van der Waals surface area contributed by atoms with Gasteiger partial charge in [-0.1, -0.05) is 6.07 Å². The van der Waals surface area contributed by atoms with Crippen molar-refractivity contribution in [2.24, 2.45) is 7.05 Å². The van der Waals surface area contributed by atoms with Gasteiger partial charge in [-0.3, -0.25) is 4.79 Å². The van der Waals surface area contributed by atoms with Crippen LogP contribution in [0.4, 0.5) is 0 Å². The van der Waals surface area contributed by atoms with Crippen LogP contribution in [-0.2, 0) is 7.05 Å². The van der Waals surface area contributed by atoms with Crippen LogP contribution < -0.4 is 0 Å². The molecule has 142 valence electrons. The molecule has 0 radical (unpaired) electrons. The van der Waals surface area contributed by atoms with Crippen LogP contribution in [0.25, 0.3) is 27.7 Å². The van der Waals surface area contributed by atoms with Gasteiger partial charge in [-0.15, -0.1) is 0 Å². The van der Waals surface area contributed by atoms with Gasteiger partial charge in [0.15, 0.2) is 0 Å². The third kappa shape index (κ3) is 2.61. The maximum atomic E-state index is 13.1. The number of benzene rings is 1. The van der Waals surface area contributed by atoms with Crippen molar-refractivity contribution in [1.82, 2.24) is 18.9 Å². The minimum atomic E-state index is 0.133. The van der Waals surface area contributed by atoms with E-state index in [9.17, 15) is 4.79 Å². The summed E-state index contributed by atoms with van der Waals surface area (Å²) in [6, 6.07) is 12.5. The van der Waals surface area contributed by atoms with Crippen molar-refractivity contribution < 1.29 is 4.79 Å². The lowest BCUT2D eigenvalue weighted by Crippen LogP contribution is -2.36. The Bertz CT molecular complexity index is 1190. The van der Waals surface area contributed by atoms with Crippen LogP contribution in [0.15, 0.2) is 48.9 Å². The molecule has 3 aromatic heterocycles. The first-order valence-corrected chi connectivity index (χ1v) is 9.95. The molecule has 1 amide bonds. The summed E-state index contributed by atoms with van der Waals surface area (Å²) in [7, 11) is 2.01. The second-order valence-corrected chi connectivity index (χ2v) is 7.76. The quantitative estimate of drug-likeness (QED) is 0.522. The summed E-state index contributed by atoms with van der Waals surface area (Å²) >= 11 is 0. The molecule has 0 bridgehead atoms. The number of hydrogen-bond donors (Lipinski definition) is 0. The van der Waals surface area contributed by atoms with E-state index in [2.05, 4.69) is 36.2 Å². The first-order valence-electron chi connectivity index (χ1n) is 9.95. The monoisotopic (exact) mass is 372 g/mol. The number of piperidine rings is 1. The Hall–Kier alpha value is -3.08. The summed E-state index contributed by atoms with van der Waals surface area (Å²) in [6.45, 7) is 3.86. The lowest BCUT2D eigenvalue weighted by molar-refractivity contribution is 0.0717. The number of nitrogens with zero attached hydrogens (tertiary/aromatic N) is 4. The van der Waals surface area contributed by atoms with E-state index in [0.717, 1.165) is 59.3 Å². The summed E-state index contributed by atoms with van der Waals surface area (Å²) in [5, 5.41) is 0. The number of fused-ring (bicyclic) bond motifs is 2. The Kier molecular flexibility index (Phi) is 3.97. The summed E-state index contributed by atoms with van der Waals surface area (Å²) in [4.78, 5) is 19.6. The van der Waals surface area contributed by atoms with Crippen LogP contribution in [0.5, 0.6) is 0 Å². The number of pyridine rings is 1. The van der Waals surface area contributed by atoms with Crippen molar-refractivity contribution in [3.63, 3.8) is 0 Å². The van der Waals surface area contributed by atoms with Crippen LogP contribution in [0.3, 0.4) is 0 Å². The van der Waals surface area contributed by atoms with Gasteiger partial charge in [-0.05, 0) is 67.6 Å². The number of rotatable bonds is 2. The first kappa shape index (κ1) is 17.0. The highest BCUT2D eigenvalue weighted by Gasteiger charge is 2.21. The molecule has 0 unspecified atom stereocenters. The fourth-order valence-corrected chi connectivity index (χ4v) is 4.37. The highest BCUT2D eigenvalue weighted by molar-refractivity contribution is 5.96. The van der Waals surface area contributed by atoms with E-state index < -0.39 is 0 Å². The van der Waals surface area contributed by atoms with Crippen molar-refractivity contribution in [1.29, 1.82) is 0 Å². The normalized spacial score (nSPS) is 14.9. The summed E-state index contributed by atoms with van der Waals surface area (Å²) in [5.74, 6) is 0.133. The van der Waals surface area contributed by atoms with Gasteiger partial charge in [0.05, 0.1) is 22.9 Å². The van der Waals surface area contributed by atoms with Gasteiger partial charge in [-0.25, -0.2) is 4.98 Å². The number of aromatic nitrogens is 3. The average molecular weight is 372 g/mol. The molecular weight excluding hydrogens is 348 g/mol. The molecule has 28 heavy (non-hydrogen) atoms. The minimum absolute atomic E-state index is 0.133. The second-order valence-electron chi connectivity index (χ2n) is 7.76. The van der Waals surface area contributed by atoms with Crippen LogP contribution in [-0.4, -0.2) is 37.8 Å². The minimum Gasteiger partial charge on any atom is -0.337 e. The molecule has 0 spiro atoms. The molecule has 4 aromatic rings. The van der Waals surface area contributed by atoms with E-state index >= 15 is 0 Å². The van der Waals surface area contributed by atoms with Gasteiger partial charge < -0.3 is 13.9 Å². The molecule has 1 aliphatic rings. The van der Waals surface area contributed by atoms with Crippen molar-refractivity contribution in [2.75, 3.05) is 13.1 Å². The standard InChI is InChI=1S/C23H24N4O/c1-16-13-22-19(24-15-25(22)2)14-18(16)17-7-6-12-27-20(17)8-9-21(27)23(28)26-10-4-3-5-11-26/h6-9,12-15H,3-5,10-11H2,1-2H3. The molecule has 5 heteroatoms. The summed E-state index contributed by atoms with van der Waals surface area (Å²) < 4.78 is 4.08. The van der Waals surface area contributed by atoms with Crippen LogP contribution in [0.1, 0.15) is 35.3 Å². The highest BCUT2D eigenvalue weighted by atomic mass is 16.2. The largest absolute Gasteiger partial charge is 0.337 e. The second kappa shape index (κ2) is 6.51. The Morgan fingerprint density at radius 3 is 2.64 bits per heavy atom. The molecule has 0 atom stereocenters. The average Bonchev–Trinajstić information content (AvgIpc) is 3.31. The molecule has 1 saturated heterocycles. The molecule has 1 aromatic carbocycles. The Labute approximate surface area is 164 Å². The third-order valence-corrected chi connectivity index (χ3v) is 5.92. The molecule has 0 saturated carbocycles. The number of amides is 1. The van der Waals surface area contributed by atoms with Gasteiger partial charge in [0.1, 0.15) is 5.69 Å². The Morgan fingerprint density at radius 1 is 1.00 bits per heavy atom. The number of carbonyl (C=O) groups is 1. The third-order valence-electron chi connectivity index (χ3n) is 5.92. The van der Waals surface area contributed by atoms with Crippen LogP contribution in [0, 0.1) is 6.92 Å². The lowest BCUT2D eigenvalue weighted by atomic mass is 9.99. The number of hydrogen-bond acceptors (Lipinski definition) is 2. The van der Waals surface area contributed by atoms with Crippen molar-refractivity contribution in [3.05, 3.63) is 60.2 Å². The van der Waals surface area contributed by atoms with Crippen LogP contribution in [0.2, 0.25) is 0 Å². The zero-order valence-corrected chi connectivity index (χ0v) is 16.4. The van der Waals surface area contributed by atoms with Gasteiger partial charge in [0, 0.05) is 31.9 Å². The van der Waals surface area contributed by atoms with Gasteiger partial charge in [-0.2, -0.15) is 0 Å². The maximum absolute atomic E-state index is 13.1. The Morgan fingerprint density at radius 2 is 1.82 bits per heavy atom. The van der Waals surface area contributed by atoms with Crippen molar-refractivity contribution in [2.45, 2.75) is 26.2 Å². The summed E-state index contributed by atoms with van der Waals surface area (Å²) in [6.07, 6.45) is 7.26. The highest BCUT2D eigenvalue weighted by Crippen LogP contribution is 2.32. The molecule has 0 aliphatic carbocycles. The van der Waals surface area contributed by atoms with E-state index in [1.54, 1.807) is 0 Å². The molecule has 5 nitrogen and oxygen atoms in total. The smallest absolute Gasteiger partial charge is 0.270 e. The zero-order valence-electron chi connectivity index (χ0n) is 16.4. The predicted molar refractivity (Wildman–Crippen MR) is 112 cm³/mol. The first-order chi connectivity index (χ1) is 13.6. The lowest BCUT2D eigenvalue weighted by Gasteiger charge is -2.26. The molecule has 0 N–H and O–H groups in total.